The maximum atomic E-state index is 4.72. The molecule has 0 spiro atoms. The highest BCUT2D eigenvalue weighted by Crippen LogP contribution is 2.27. The van der Waals surface area contributed by atoms with Crippen molar-refractivity contribution in [1.29, 1.82) is 0 Å². The fourth-order valence-electron chi connectivity index (χ4n) is 2.47. The Labute approximate surface area is 153 Å². The van der Waals surface area contributed by atoms with Crippen molar-refractivity contribution in [3.8, 4) is 11.3 Å². The SMILES string of the molecule is Sc1ccc(Nc2cc(-c3ccccc3)nc3c(Br)cnn23)cc1. The summed E-state index contributed by atoms with van der Waals surface area (Å²) in [6, 6.07) is 19.9. The molecule has 118 valence electrons. The lowest BCUT2D eigenvalue weighted by molar-refractivity contribution is 0.949. The van der Waals surface area contributed by atoms with Crippen molar-refractivity contribution in [1.82, 2.24) is 14.6 Å². The lowest BCUT2D eigenvalue weighted by Crippen LogP contribution is -2.02. The van der Waals surface area contributed by atoms with Crippen LogP contribution >= 0.6 is 28.6 Å². The summed E-state index contributed by atoms with van der Waals surface area (Å²) in [6.45, 7) is 0. The summed E-state index contributed by atoms with van der Waals surface area (Å²) in [7, 11) is 0. The van der Waals surface area contributed by atoms with E-state index in [0.29, 0.717) is 0 Å². The van der Waals surface area contributed by atoms with E-state index in [9.17, 15) is 0 Å². The average molecular weight is 397 g/mol. The highest BCUT2D eigenvalue weighted by Gasteiger charge is 2.11. The van der Waals surface area contributed by atoms with Gasteiger partial charge in [-0.1, -0.05) is 30.3 Å². The van der Waals surface area contributed by atoms with Crippen LogP contribution in [-0.2, 0) is 0 Å². The Kier molecular flexibility index (Phi) is 4.00. The van der Waals surface area contributed by atoms with Gasteiger partial charge in [-0.25, -0.2) is 4.98 Å². The molecule has 0 aliphatic heterocycles. The van der Waals surface area contributed by atoms with Crippen LogP contribution in [0.2, 0.25) is 0 Å². The molecule has 24 heavy (non-hydrogen) atoms. The van der Waals surface area contributed by atoms with Gasteiger partial charge in [-0.15, -0.1) is 12.6 Å². The van der Waals surface area contributed by atoms with Crippen molar-refractivity contribution < 1.29 is 0 Å². The maximum Gasteiger partial charge on any atom is 0.172 e. The number of nitrogens with one attached hydrogen (secondary N) is 1. The number of halogens is 1. The molecule has 4 aromatic rings. The molecule has 4 rings (SSSR count). The third kappa shape index (κ3) is 2.90. The summed E-state index contributed by atoms with van der Waals surface area (Å²) < 4.78 is 2.64. The van der Waals surface area contributed by atoms with Crippen LogP contribution < -0.4 is 5.32 Å². The van der Waals surface area contributed by atoms with Crippen LogP contribution in [-0.4, -0.2) is 14.6 Å². The zero-order valence-electron chi connectivity index (χ0n) is 12.5. The lowest BCUT2D eigenvalue weighted by Gasteiger charge is -2.11. The predicted molar refractivity (Wildman–Crippen MR) is 103 cm³/mol. The summed E-state index contributed by atoms with van der Waals surface area (Å²) in [4.78, 5) is 5.65. The summed E-state index contributed by atoms with van der Waals surface area (Å²) in [5.41, 5.74) is 3.68. The number of fused-ring (bicyclic) bond motifs is 1. The highest BCUT2D eigenvalue weighted by atomic mass is 79.9. The van der Waals surface area contributed by atoms with Crippen molar-refractivity contribution >= 4 is 45.7 Å². The van der Waals surface area contributed by atoms with Gasteiger partial charge in [0, 0.05) is 22.2 Å². The van der Waals surface area contributed by atoms with E-state index in [-0.39, 0.29) is 0 Å². The van der Waals surface area contributed by atoms with E-state index in [4.69, 9.17) is 4.98 Å². The van der Waals surface area contributed by atoms with E-state index in [2.05, 4.69) is 39.0 Å². The number of benzene rings is 2. The van der Waals surface area contributed by atoms with Crippen molar-refractivity contribution in [2.45, 2.75) is 4.90 Å². The van der Waals surface area contributed by atoms with Crippen molar-refractivity contribution in [3.05, 3.63) is 71.3 Å². The van der Waals surface area contributed by atoms with Crippen LogP contribution in [0.25, 0.3) is 16.9 Å². The molecule has 0 amide bonds. The Bertz CT molecular complexity index is 997. The van der Waals surface area contributed by atoms with Crippen LogP contribution in [0, 0.1) is 0 Å². The fourth-order valence-corrected chi connectivity index (χ4v) is 2.97. The minimum absolute atomic E-state index is 0.768. The van der Waals surface area contributed by atoms with E-state index in [0.717, 1.165) is 37.8 Å². The standard InChI is InChI=1S/C18H13BrN4S/c19-15-11-20-23-17(21-13-6-8-14(24)9-7-13)10-16(22-18(15)23)12-4-2-1-3-5-12/h1-11,21,24H. The number of rotatable bonds is 3. The third-order valence-corrected chi connectivity index (χ3v) is 4.50. The minimum atomic E-state index is 0.768. The molecular weight excluding hydrogens is 384 g/mol. The van der Waals surface area contributed by atoms with Crippen molar-refractivity contribution in [2.24, 2.45) is 0 Å². The molecule has 0 saturated carbocycles. The first kappa shape index (κ1) is 15.2. The number of nitrogens with zero attached hydrogens (tertiary/aromatic N) is 3. The smallest absolute Gasteiger partial charge is 0.172 e. The van der Waals surface area contributed by atoms with Crippen LogP contribution in [0.4, 0.5) is 11.5 Å². The van der Waals surface area contributed by atoms with Gasteiger partial charge in [0.05, 0.1) is 16.4 Å². The van der Waals surface area contributed by atoms with Crippen molar-refractivity contribution in [3.63, 3.8) is 0 Å². The molecule has 0 saturated heterocycles. The molecule has 0 unspecified atom stereocenters. The Morgan fingerprint density at radius 2 is 1.75 bits per heavy atom. The van der Waals surface area contributed by atoms with E-state index in [1.54, 1.807) is 10.7 Å². The number of thiol groups is 1. The quantitative estimate of drug-likeness (QED) is 0.468. The number of anilines is 2. The molecule has 4 nitrogen and oxygen atoms in total. The second-order valence-electron chi connectivity index (χ2n) is 5.29. The second kappa shape index (κ2) is 6.30. The Morgan fingerprint density at radius 3 is 2.50 bits per heavy atom. The zero-order valence-corrected chi connectivity index (χ0v) is 15.0. The Hall–Kier alpha value is -2.31. The Morgan fingerprint density at radius 1 is 1.00 bits per heavy atom. The summed E-state index contributed by atoms with van der Waals surface area (Å²) >= 11 is 7.84. The largest absolute Gasteiger partial charge is 0.340 e. The van der Waals surface area contributed by atoms with E-state index in [1.807, 2.05) is 60.7 Å². The van der Waals surface area contributed by atoms with Crippen LogP contribution in [0.5, 0.6) is 0 Å². The van der Waals surface area contributed by atoms with Crippen LogP contribution in [0.1, 0.15) is 0 Å². The van der Waals surface area contributed by atoms with Crippen LogP contribution in [0.3, 0.4) is 0 Å². The molecule has 1 N–H and O–H groups in total. The predicted octanol–water partition coefficient (Wildman–Crippen LogP) is 5.19. The third-order valence-electron chi connectivity index (χ3n) is 3.64. The number of aromatic nitrogens is 3. The van der Waals surface area contributed by atoms with E-state index in [1.165, 1.54) is 0 Å². The van der Waals surface area contributed by atoms with Gasteiger partial charge in [-0.2, -0.15) is 9.61 Å². The summed E-state index contributed by atoms with van der Waals surface area (Å²) in [6.07, 6.45) is 1.75. The van der Waals surface area contributed by atoms with Gasteiger partial charge >= 0.3 is 0 Å². The molecule has 0 aliphatic carbocycles. The maximum absolute atomic E-state index is 4.72. The molecule has 2 heterocycles. The topological polar surface area (TPSA) is 42.2 Å². The van der Waals surface area contributed by atoms with Gasteiger partial charge in [-0.3, -0.25) is 0 Å². The van der Waals surface area contributed by atoms with Gasteiger partial charge in [0.1, 0.15) is 5.82 Å². The molecule has 0 atom stereocenters. The molecule has 0 fully saturated rings. The first-order valence-electron chi connectivity index (χ1n) is 7.36. The molecule has 6 heteroatoms. The number of hydrogen-bond donors (Lipinski definition) is 2. The Balaban J connectivity index is 1.85. The van der Waals surface area contributed by atoms with E-state index >= 15 is 0 Å². The highest BCUT2D eigenvalue weighted by molar-refractivity contribution is 9.10. The summed E-state index contributed by atoms with van der Waals surface area (Å²) in [5.74, 6) is 0.844. The molecule has 2 aromatic heterocycles. The lowest BCUT2D eigenvalue weighted by atomic mass is 10.1. The van der Waals surface area contributed by atoms with Crippen LogP contribution in [0.15, 0.2) is 76.2 Å². The van der Waals surface area contributed by atoms with Gasteiger partial charge in [0.2, 0.25) is 0 Å². The molecule has 0 bridgehead atoms. The second-order valence-corrected chi connectivity index (χ2v) is 6.66. The van der Waals surface area contributed by atoms with Gasteiger partial charge in [0.15, 0.2) is 5.65 Å². The molecular formula is C18H13BrN4S. The van der Waals surface area contributed by atoms with Crippen molar-refractivity contribution in [2.75, 3.05) is 5.32 Å². The first-order chi connectivity index (χ1) is 11.7. The number of hydrogen-bond acceptors (Lipinski definition) is 4. The van der Waals surface area contributed by atoms with Gasteiger partial charge < -0.3 is 5.32 Å². The first-order valence-corrected chi connectivity index (χ1v) is 8.60. The minimum Gasteiger partial charge on any atom is -0.340 e. The van der Waals surface area contributed by atoms with E-state index < -0.39 is 0 Å². The molecule has 2 aromatic carbocycles. The average Bonchev–Trinajstić information content (AvgIpc) is 2.99. The van der Waals surface area contributed by atoms with Gasteiger partial charge in [-0.05, 0) is 40.2 Å². The fraction of sp³-hybridized carbons (Fsp3) is 0. The monoisotopic (exact) mass is 396 g/mol. The summed E-state index contributed by atoms with van der Waals surface area (Å²) in [5, 5.41) is 7.80. The molecule has 0 aliphatic rings. The molecule has 0 radical (unpaired) electrons. The normalized spacial score (nSPS) is 10.9. The zero-order chi connectivity index (χ0) is 16.5. The van der Waals surface area contributed by atoms with Gasteiger partial charge in [0.25, 0.3) is 0 Å².